The van der Waals surface area contributed by atoms with E-state index >= 15 is 0 Å². The summed E-state index contributed by atoms with van der Waals surface area (Å²) in [7, 11) is 0.319. The van der Waals surface area contributed by atoms with Crippen molar-refractivity contribution in [3.05, 3.63) is 35.9 Å². The standard InChI is InChI=1S/C12H19P/c1-13(2)11-7-6-10-12-8-4-3-5-9-12/h3-5,8-9H,6-7,10-11H2,1-2H3. The molecule has 0 nitrogen and oxygen atoms in total. The van der Waals surface area contributed by atoms with Crippen molar-refractivity contribution in [2.24, 2.45) is 0 Å². The van der Waals surface area contributed by atoms with Crippen molar-refractivity contribution in [1.29, 1.82) is 0 Å². The topological polar surface area (TPSA) is 0 Å². The first kappa shape index (κ1) is 10.7. The van der Waals surface area contributed by atoms with Crippen molar-refractivity contribution in [3.8, 4) is 0 Å². The predicted octanol–water partition coefficient (Wildman–Crippen LogP) is 3.75. The van der Waals surface area contributed by atoms with Gasteiger partial charge in [0.1, 0.15) is 0 Å². The van der Waals surface area contributed by atoms with E-state index in [4.69, 9.17) is 0 Å². The molecule has 0 saturated carbocycles. The molecule has 0 heterocycles. The van der Waals surface area contributed by atoms with Gasteiger partial charge in [0.05, 0.1) is 0 Å². The maximum Gasteiger partial charge on any atom is -0.0279 e. The molecule has 0 radical (unpaired) electrons. The maximum atomic E-state index is 2.36. The maximum absolute atomic E-state index is 2.36. The lowest BCUT2D eigenvalue weighted by atomic mass is 10.1. The fourth-order valence-electron chi connectivity index (χ4n) is 1.40. The van der Waals surface area contributed by atoms with Crippen LogP contribution in [0.2, 0.25) is 0 Å². The molecule has 0 aliphatic rings. The molecule has 1 aromatic carbocycles. The molecule has 0 atom stereocenters. The molecule has 0 aromatic heterocycles. The molecule has 0 aliphatic carbocycles. The molecular weight excluding hydrogens is 175 g/mol. The molecule has 1 aromatic rings. The van der Waals surface area contributed by atoms with Crippen molar-refractivity contribution in [3.63, 3.8) is 0 Å². The van der Waals surface area contributed by atoms with Gasteiger partial charge in [-0.3, -0.25) is 0 Å². The Kier molecular flexibility index (Phi) is 5.08. The average molecular weight is 194 g/mol. The summed E-state index contributed by atoms with van der Waals surface area (Å²) in [6.45, 7) is 4.72. The minimum Gasteiger partial charge on any atom is -0.113 e. The van der Waals surface area contributed by atoms with Crippen molar-refractivity contribution in [2.75, 3.05) is 19.5 Å². The van der Waals surface area contributed by atoms with Gasteiger partial charge in [0.15, 0.2) is 0 Å². The van der Waals surface area contributed by atoms with Gasteiger partial charge in [-0.2, -0.15) is 0 Å². The molecule has 13 heavy (non-hydrogen) atoms. The molecule has 72 valence electrons. The van der Waals surface area contributed by atoms with Crippen LogP contribution in [0.15, 0.2) is 30.3 Å². The quantitative estimate of drug-likeness (QED) is 0.494. The molecular formula is C12H19P. The normalized spacial score (nSPS) is 10.7. The Labute approximate surface area is 83.1 Å². The average Bonchev–Trinajstić information content (AvgIpc) is 2.14. The minimum absolute atomic E-state index is 0.319. The van der Waals surface area contributed by atoms with E-state index in [1.807, 2.05) is 0 Å². The van der Waals surface area contributed by atoms with E-state index in [2.05, 4.69) is 43.7 Å². The van der Waals surface area contributed by atoms with Gasteiger partial charge in [0, 0.05) is 0 Å². The Hall–Kier alpha value is -0.350. The van der Waals surface area contributed by atoms with Crippen molar-refractivity contribution in [2.45, 2.75) is 19.3 Å². The van der Waals surface area contributed by atoms with Crippen LogP contribution < -0.4 is 0 Å². The third-order valence-electron chi connectivity index (χ3n) is 2.16. The van der Waals surface area contributed by atoms with E-state index in [9.17, 15) is 0 Å². The molecule has 0 N–H and O–H groups in total. The number of hydrogen-bond acceptors (Lipinski definition) is 0. The fourth-order valence-corrected chi connectivity index (χ4v) is 2.26. The highest BCUT2D eigenvalue weighted by molar-refractivity contribution is 7.55. The zero-order valence-corrected chi connectivity index (χ0v) is 9.56. The third-order valence-corrected chi connectivity index (χ3v) is 3.37. The minimum atomic E-state index is 0.319. The molecule has 0 spiro atoms. The Morgan fingerprint density at radius 3 is 2.31 bits per heavy atom. The second kappa shape index (κ2) is 6.16. The second-order valence-electron chi connectivity index (χ2n) is 3.75. The lowest BCUT2D eigenvalue weighted by molar-refractivity contribution is 0.800. The summed E-state index contributed by atoms with van der Waals surface area (Å²) in [6, 6.07) is 10.8. The highest BCUT2D eigenvalue weighted by Crippen LogP contribution is 2.25. The van der Waals surface area contributed by atoms with Crippen molar-refractivity contribution >= 4 is 7.92 Å². The Balaban J connectivity index is 2.13. The largest absolute Gasteiger partial charge is 0.113 e. The predicted molar refractivity (Wildman–Crippen MR) is 63.0 cm³/mol. The van der Waals surface area contributed by atoms with Crippen LogP contribution in [0.1, 0.15) is 18.4 Å². The summed E-state index contributed by atoms with van der Waals surface area (Å²) in [6.07, 6.45) is 5.43. The van der Waals surface area contributed by atoms with Crippen LogP contribution in [0.3, 0.4) is 0 Å². The summed E-state index contributed by atoms with van der Waals surface area (Å²) in [5, 5.41) is 0. The summed E-state index contributed by atoms with van der Waals surface area (Å²) in [5.41, 5.74) is 1.49. The van der Waals surface area contributed by atoms with Gasteiger partial charge < -0.3 is 0 Å². The molecule has 0 amide bonds. The SMILES string of the molecule is CP(C)CCCCc1ccccc1. The molecule has 1 heteroatoms. The molecule has 0 fully saturated rings. The van der Waals surface area contributed by atoms with Crippen LogP contribution in [0.4, 0.5) is 0 Å². The number of aryl methyl sites for hydroxylation is 1. The summed E-state index contributed by atoms with van der Waals surface area (Å²) in [5.74, 6) is 0. The lowest BCUT2D eigenvalue weighted by Crippen LogP contribution is -1.87. The van der Waals surface area contributed by atoms with Crippen LogP contribution in [-0.2, 0) is 6.42 Å². The van der Waals surface area contributed by atoms with Gasteiger partial charge in [0.25, 0.3) is 0 Å². The van der Waals surface area contributed by atoms with Gasteiger partial charge in [-0.05, 0) is 44.3 Å². The van der Waals surface area contributed by atoms with Gasteiger partial charge in [-0.1, -0.05) is 30.3 Å². The summed E-state index contributed by atoms with van der Waals surface area (Å²) in [4.78, 5) is 0. The van der Waals surface area contributed by atoms with E-state index in [-0.39, 0.29) is 0 Å². The van der Waals surface area contributed by atoms with Crippen LogP contribution in [0.25, 0.3) is 0 Å². The third kappa shape index (κ3) is 5.05. The first-order chi connectivity index (χ1) is 6.29. The van der Waals surface area contributed by atoms with Crippen LogP contribution in [0, 0.1) is 0 Å². The first-order valence-electron chi connectivity index (χ1n) is 4.97. The summed E-state index contributed by atoms with van der Waals surface area (Å²) < 4.78 is 0. The van der Waals surface area contributed by atoms with E-state index in [1.165, 1.54) is 31.0 Å². The highest BCUT2D eigenvalue weighted by Gasteiger charge is 1.94. The van der Waals surface area contributed by atoms with E-state index < -0.39 is 0 Å². The van der Waals surface area contributed by atoms with Gasteiger partial charge >= 0.3 is 0 Å². The van der Waals surface area contributed by atoms with Crippen LogP contribution in [0.5, 0.6) is 0 Å². The summed E-state index contributed by atoms with van der Waals surface area (Å²) >= 11 is 0. The van der Waals surface area contributed by atoms with Crippen molar-refractivity contribution < 1.29 is 0 Å². The highest BCUT2D eigenvalue weighted by atomic mass is 31.1. The van der Waals surface area contributed by atoms with Crippen LogP contribution in [-0.4, -0.2) is 19.5 Å². The van der Waals surface area contributed by atoms with E-state index in [1.54, 1.807) is 0 Å². The molecule has 1 rings (SSSR count). The van der Waals surface area contributed by atoms with E-state index in [0.29, 0.717) is 7.92 Å². The molecule has 0 unspecified atom stereocenters. The van der Waals surface area contributed by atoms with Gasteiger partial charge in [0.2, 0.25) is 0 Å². The number of rotatable bonds is 5. The Morgan fingerprint density at radius 1 is 1.00 bits per heavy atom. The van der Waals surface area contributed by atoms with Gasteiger partial charge in [-0.25, -0.2) is 0 Å². The van der Waals surface area contributed by atoms with Crippen molar-refractivity contribution in [1.82, 2.24) is 0 Å². The van der Waals surface area contributed by atoms with Gasteiger partial charge in [-0.15, -0.1) is 7.92 Å². The Bertz CT molecular complexity index is 216. The second-order valence-corrected chi connectivity index (χ2v) is 6.35. The molecule has 0 bridgehead atoms. The van der Waals surface area contributed by atoms with Crippen LogP contribution >= 0.6 is 7.92 Å². The smallest absolute Gasteiger partial charge is 0.0279 e. The van der Waals surface area contributed by atoms with E-state index in [0.717, 1.165) is 0 Å². The molecule has 0 saturated heterocycles. The fraction of sp³-hybridized carbons (Fsp3) is 0.500. The number of benzene rings is 1. The zero-order chi connectivity index (χ0) is 9.52. The number of hydrogen-bond donors (Lipinski definition) is 0. The monoisotopic (exact) mass is 194 g/mol. The molecule has 0 aliphatic heterocycles. The number of unbranched alkanes of at least 4 members (excludes halogenated alkanes) is 1. The first-order valence-corrected chi connectivity index (χ1v) is 7.40. The Morgan fingerprint density at radius 2 is 1.69 bits per heavy atom. The zero-order valence-electron chi connectivity index (χ0n) is 8.66. The lowest BCUT2D eigenvalue weighted by Gasteiger charge is -2.04.